The van der Waals surface area contributed by atoms with E-state index in [4.69, 9.17) is 4.52 Å². The van der Waals surface area contributed by atoms with E-state index in [1.165, 1.54) is 0 Å². The third kappa shape index (κ3) is 4.78. The molecule has 2 aromatic rings. The minimum atomic E-state index is 0.474. The molecule has 0 atom stereocenters. The number of pyridine rings is 1. The number of guanidine groups is 1. The van der Waals surface area contributed by atoms with Gasteiger partial charge in [-0.3, -0.25) is 4.99 Å². The Morgan fingerprint density at radius 3 is 2.63 bits per heavy atom. The lowest BCUT2D eigenvalue weighted by atomic mass is 9.99. The van der Waals surface area contributed by atoms with Crippen LogP contribution >= 0.6 is 0 Å². The second kappa shape index (κ2) is 9.39. The second-order valence-electron chi connectivity index (χ2n) is 6.79. The van der Waals surface area contributed by atoms with E-state index >= 15 is 0 Å². The Balaban J connectivity index is 1.51. The maximum absolute atomic E-state index is 5.50. The average molecular weight is 371 g/mol. The summed E-state index contributed by atoms with van der Waals surface area (Å²) in [7, 11) is 1.82. The van der Waals surface area contributed by atoms with Gasteiger partial charge in [-0.15, -0.1) is 0 Å². The van der Waals surface area contributed by atoms with Crippen molar-refractivity contribution in [1.29, 1.82) is 0 Å². The van der Waals surface area contributed by atoms with Gasteiger partial charge in [-0.05, 0) is 25.0 Å². The van der Waals surface area contributed by atoms with Crippen molar-refractivity contribution in [2.45, 2.75) is 39.2 Å². The van der Waals surface area contributed by atoms with Crippen molar-refractivity contribution in [3.8, 4) is 0 Å². The summed E-state index contributed by atoms with van der Waals surface area (Å²) in [5, 5.41) is 7.64. The number of aliphatic imine (C=N–C) groups is 1. The molecule has 2 aromatic heterocycles. The number of hydrogen-bond acceptors (Lipinski definition) is 5. The van der Waals surface area contributed by atoms with Gasteiger partial charge in [0.15, 0.2) is 11.7 Å². The fraction of sp³-hybridized carbons (Fsp3) is 0.550. The Kier molecular flexibility index (Phi) is 6.68. The summed E-state index contributed by atoms with van der Waals surface area (Å²) >= 11 is 0. The molecule has 1 fully saturated rings. The van der Waals surface area contributed by atoms with Gasteiger partial charge >= 0.3 is 0 Å². The summed E-state index contributed by atoms with van der Waals surface area (Å²) in [4.78, 5) is 13.5. The van der Waals surface area contributed by atoms with Crippen molar-refractivity contribution >= 4 is 11.8 Å². The molecule has 0 radical (unpaired) electrons. The summed E-state index contributed by atoms with van der Waals surface area (Å²) in [6.45, 7) is 8.65. The molecule has 0 aromatic carbocycles. The summed E-state index contributed by atoms with van der Waals surface area (Å²) < 4.78 is 5.50. The Hall–Kier alpha value is -2.57. The fourth-order valence-electron chi connectivity index (χ4n) is 3.50. The van der Waals surface area contributed by atoms with E-state index in [0.717, 1.165) is 62.3 Å². The van der Waals surface area contributed by atoms with E-state index in [2.05, 4.69) is 56.2 Å². The molecule has 0 bridgehead atoms. The summed E-state index contributed by atoms with van der Waals surface area (Å²) in [6.07, 6.45) is 4.01. The van der Waals surface area contributed by atoms with Crippen LogP contribution in [-0.2, 0) is 6.54 Å². The van der Waals surface area contributed by atoms with Gasteiger partial charge in [0, 0.05) is 51.4 Å². The van der Waals surface area contributed by atoms with Crippen LogP contribution in [0.3, 0.4) is 0 Å². The van der Waals surface area contributed by atoms with E-state index in [-0.39, 0.29) is 0 Å². The van der Waals surface area contributed by atoms with Gasteiger partial charge in [0.1, 0.15) is 5.82 Å². The van der Waals surface area contributed by atoms with Crippen LogP contribution in [0.15, 0.2) is 40.0 Å². The lowest BCUT2D eigenvalue weighted by Crippen LogP contribution is -2.52. The van der Waals surface area contributed by atoms with Crippen molar-refractivity contribution in [2.24, 2.45) is 4.99 Å². The number of aromatic nitrogens is 2. The molecule has 0 aliphatic carbocycles. The summed E-state index contributed by atoms with van der Waals surface area (Å²) in [5.41, 5.74) is 1.05. The van der Waals surface area contributed by atoms with Crippen LogP contribution in [0.4, 0.5) is 5.82 Å². The molecule has 7 nitrogen and oxygen atoms in total. The Morgan fingerprint density at radius 1 is 1.22 bits per heavy atom. The molecule has 7 heteroatoms. The first-order valence-electron chi connectivity index (χ1n) is 9.82. The number of hydrogen-bond donors (Lipinski definition) is 1. The zero-order valence-corrected chi connectivity index (χ0v) is 16.6. The van der Waals surface area contributed by atoms with Gasteiger partial charge < -0.3 is 19.6 Å². The Bertz CT molecular complexity index is 717. The highest BCUT2D eigenvalue weighted by Crippen LogP contribution is 2.22. The number of nitrogens with one attached hydrogen (secondary N) is 1. The van der Waals surface area contributed by atoms with Crippen molar-refractivity contribution in [3.63, 3.8) is 0 Å². The first kappa shape index (κ1) is 19.2. The normalized spacial score (nSPS) is 15.5. The monoisotopic (exact) mass is 370 g/mol. The molecule has 1 saturated heterocycles. The Morgan fingerprint density at radius 2 is 2.00 bits per heavy atom. The molecule has 3 heterocycles. The average Bonchev–Trinajstić information content (AvgIpc) is 3.19. The van der Waals surface area contributed by atoms with Gasteiger partial charge in [-0.2, -0.15) is 0 Å². The second-order valence-corrected chi connectivity index (χ2v) is 6.79. The highest BCUT2D eigenvalue weighted by atomic mass is 16.5. The van der Waals surface area contributed by atoms with Crippen molar-refractivity contribution in [2.75, 3.05) is 38.1 Å². The third-order valence-electron chi connectivity index (χ3n) is 5.17. The van der Waals surface area contributed by atoms with Crippen molar-refractivity contribution < 1.29 is 4.52 Å². The van der Waals surface area contributed by atoms with Crippen LogP contribution < -0.4 is 10.2 Å². The maximum Gasteiger partial charge on any atom is 0.194 e. The first-order chi connectivity index (χ1) is 13.2. The molecule has 1 aliphatic heterocycles. The summed E-state index contributed by atoms with van der Waals surface area (Å²) in [6, 6.07) is 8.10. The predicted molar refractivity (Wildman–Crippen MR) is 108 cm³/mol. The molecule has 146 valence electrons. The van der Waals surface area contributed by atoms with E-state index in [1.807, 2.05) is 25.4 Å². The molecule has 0 amide bonds. The highest BCUT2D eigenvalue weighted by Gasteiger charge is 2.21. The summed E-state index contributed by atoms with van der Waals surface area (Å²) in [5.74, 6) is 3.26. The van der Waals surface area contributed by atoms with Crippen LogP contribution in [-0.4, -0.2) is 54.2 Å². The molecule has 3 rings (SSSR count). The van der Waals surface area contributed by atoms with Crippen LogP contribution in [0.1, 0.15) is 44.1 Å². The van der Waals surface area contributed by atoms with E-state index in [1.54, 1.807) is 0 Å². The van der Waals surface area contributed by atoms with Gasteiger partial charge in [-0.1, -0.05) is 25.1 Å². The largest absolute Gasteiger partial charge is 0.359 e. The SMILES string of the molecule is CCC(CC)c1cc(CNC(=NC)N2CCN(c3ccccn3)CC2)on1. The van der Waals surface area contributed by atoms with Gasteiger partial charge in [0.25, 0.3) is 0 Å². The molecule has 1 aliphatic rings. The molecule has 0 spiro atoms. The smallest absolute Gasteiger partial charge is 0.194 e. The van der Waals surface area contributed by atoms with Crippen LogP contribution in [0, 0.1) is 0 Å². The topological polar surface area (TPSA) is 69.8 Å². The van der Waals surface area contributed by atoms with Crippen molar-refractivity contribution in [1.82, 2.24) is 20.4 Å². The predicted octanol–water partition coefficient (Wildman–Crippen LogP) is 2.87. The Labute approximate surface area is 161 Å². The number of piperazine rings is 1. The number of nitrogens with zero attached hydrogens (tertiary/aromatic N) is 5. The molecular formula is C20H30N6O. The zero-order valence-electron chi connectivity index (χ0n) is 16.6. The van der Waals surface area contributed by atoms with E-state index < -0.39 is 0 Å². The van der Waals surface area contributed by atoms with Crippen molar-refractivity contribution in [3.05, 3.63) is 41.9 Å². The quantitative estimate of drug-likeness (QED) is 0.623. The molecule has 0 unspecified atom stereocenters. The van der Waals surface area contributed by atoms with E-state index in [0.29, 0.717) is 12.5 Å². The lowest BCUT2D eigenvalue weighted by molar-refractivity contribution is 0.353. The number of rotatable bonds is 6. The standard InChI is InChI=1S/C20H30N6O/c1-4-16(5-2)18-14-17(27-24-18)15-23-20(21-3)26-12-10-25(11-13-26)19-8-6-7-9-22-19/h6-9,14,16H,4-5,10-13,15H2,1-3H3,(H,21,23). The fourth-order valence-corrected chi connectivity index (χ4v) is 3.50. The van der Waals surface area contributed by atoms with Crippen LogP contribution in [0.5, 0.6) is 0 Å². The minimum absolute atomic E-state index is 0.474. The molecule has 27 heavy (non-hydrogen) atoms. The van der Waals surface area contributed by atoms with Gasteiger partial charge in [0.05, 0.1) is 12.2 Å². The first-order valence-corrected chi connectivity index (χ1v) is 9.82. The molecule has 1 N–H and O–H groups in total. The zero-order chi connectivity index (χ0) is 19.1. The maximum atomic E-state index is 5.50. The molecule has 0 saturated carbocycles. The minimum Gasteiger partial charge on any atom is -0.359 e. The lowest BCUT2D eigenvalue weighted by Gasteiger charge is -2.37. The van der Waals surface area contributed by atoms with Crippen LogP contribution in [0.25, 0.3) is 0 Å². The van der Waals surface area contributed by atoms with Gasteiger partial charge in [-0.25, -0.2) is 4.98 Å². The molecular weight excluding hydrogens is 340 g/mol. The van der Waals surface area contributed by atoms with Crippen LogP contribution in [0.2, 0.25) is 0 Å². The number of anilines is 1. The highest BCUT2D eigenvalue weighted by molar-refractivity contribution is 5.80. The van der Waals surface area contributed by atoms with E-state index in [9.17, 15) is 0 Å². The van der Waals surface area contributed by atoms with Gasteiger partial charge in [0.2, 0.25) is 0 Å². The third-order valence-corrected chi connectivity index (χ3v) is 5.17.